The van der Waals surface area contributed by atoms with Crippen LogP contribution in [0.3, 0.4) is 0 Å². The number of hydrogen-bond acceptors (Lipinski definition) is 4. The van der Waals surface area contributed by atoms with Crippen molar-refractivity contribution in [2.24, 2.45) is 5.73 Å². The molecule has 0 aromatic carbocycles. The van der Waals surface area contributed by atoms with E-state index in [9.17, 15) is 9.59 Å². The fourth-order valence-electron chi connectivity index (χ4n) is 2.60. The standard InChI is InChI=1S/C12H21N3O3.ClH/c13-10(16)7-12(2-1-3-12)15-11(17)6-9-8-18-5-4-14-9;/h9,14H,1-8H2,(H2,13,16)(H,15,17);1H. The van der Waals surface area contributed by atoms with Gasteiger partial charge in [0.05, 0.1) is 13.2 Å². The fourth-order valence-corrected chi connectivity index (χ4v) is 2.60. The number of carbonyl (C=O) groups excluding carboxylic acids is 2. The van der Waals surface area contributed by atoms with Crippen LogP contribution in [-0.4, -0.2) is 43.2 Å². The van der Waals surface area contributed by atoms with Crippen LogP contribution in [0.1, 0.15) is 32.1 Å². The van der Waals surface area contributed by atoms with Gasteiger partial charge in [-0.2, -0.15) is 0 Å². The van der Waals surface area contributed by atoms with Gasteiger partial charge in [0, 0.05) is 31.0 Å². The first kappa shape index (κ1) is 16.2. The van der Waals surface area contributed by atoms with Gasteiger partial charge in [-0.3, -0.25) is 9.59 Å². The lowest BCUT2D eigenvalue weighted by atomic mass is 9.74. The third kappa shape index (κ3) is 4.63. The average Bonchev–Trinajstić information content (AvgIpc) is 2.26. The van der Waals surface area contributed by atoms with Crippen molar-refractivity contribution in [1.29, 1.82) is 0 Å². The van der Waals surface area contributed by atoms with Crippen LogP contribution in [-0.2, 0) is 14.3 Å². The average molecular weight is 292 g/mol. The van der Waals surface area contributed by atoms with E-state index in [1.54, 1.807) is 0 Å². The van der Waals surface area contributed by atoms with E-state index in [4.69, 9.17) is 10.5 Å². The maximum Gasteiger partial charge on any atom is 0.222 e. The van der Waals surface area contributed by atoms with Gasteiger partial charge in [0.15, 0.2) is 0 Å². The molecule has 1 aliphatic heterocycles. The minimum atomic E-state index is -0.377. The van der Waals surface area contributed by atoms with Crippen LogP contribution in [0.25, 0.3) is 0 Å². The highest BCUT2D eigenvalue weighted by Crippen LogP contribution is 2.34. The number of rotatable bonds is 5. The number of nitrogens with one attached hydrogen (secondary N) is 2. The Morgan fingerprint density at radius 2 is 2.16 bits per heavy atom. The molecular formula is C12H22ClN3O3. The van der Waals surface area contributed by atoms with Crippen LogP contribution < -0.4 is 16.4 Å². The van der Waals surface area contributed by atoms with Crippen LogP contribution >= 0.6 is 12.4 Å². The number of halogens is 1. The zero-order valence-corrected chi connectivity index (χ0v) is 11.8. The summed E-state index contributed by atoms with van der Waals surface area (Å²) in [5, 5.41) is 6.21. The summed E-state index contributed by atoms with van der Waals surface area (Å²) in [7, 11) is 0. The highest BCUT2D eigenvalue weighted by molar-refractivity contribution is 5.85. The van der Waals surface area contributed by atoms with Crippen molar-refractivity contribution in [3.05, 3.63) is 0 Å². The molecular weight excluding hydrogens is 270 g/mol. The molecule has 0 spiro atoms. The summed E-state index contributed by atoms with van der Waals surface area (Å²) < 4.78 is 5.30. The topological polar surface area (TPSA) is 93.5 Å². The Morgan fingerprint density at radius 1 is 1.42 bits per heavy atom. The summed E-state index contributed by atoms with van der Waals surface area (Å²) in [6.07, 6.45) is 3.36. The SMILES string of the molecule is Cl.NC(=O)CC1(NC(=O)CC2COCCN2)CCC1. The van der Waals surface area contributed by atoms with Crippen LogP contribution in [0.5, 0.6) is 0 Å². The molecule has 2 rings (SSSR count). The quantitative estimate of drug-likeness (QED) is 0.648. The Balaban J connectivity index is 0.00000180. The summed E-state index contributed by atoms with van der Waals surface area (Å²) in [6.45, 7) is 2.05. The molecule has 2 aliphatic rings. The lowest BCUT2D eigenvalue weighted by Gasteiger charge is -2.42. The van der Waals surface area contributed by atoms with E-state index in [-0.39, 0.29) is 42.2 Å². The Bertz CT molecular complexity index is 328. The van der Waals surface area contributed by atoms with Crippen LogP contribution in [0.15, 0.2) is 0 Å². The fraction of sp³-hybridized carbons (Fsp3) is 0.833. The largest absolute Gasteiger partial charge is 0.378 e. The summed E-state index contributed by atoms with van der Waals surface area (Å²) in [4.78, 5) is 23.0. The first-order chi connectivity index (χ1) is 8.60. The Hall–Kier alpha value is -0.850. The van der Waals surface area contributed by atoms with Crippen molar-refractivity contribution >= 4 is 24.2 Å². The number of ether oxygens (including phenoxy) is 1. The van der Waals surface area contributed by atoms with Crippen molar-refractivity contribution in [2.45, 2.75) is 43.7 Å². The van der Waals surface area contributed by atoms with E-state index in [1.807, 2.05) is 0 Å². The number of hydrogen-bond donors (Lipinski definition) is 3. The number of carbonyl (C=O) groups is 2. The molecule has 1 saturated heterocycles. The van der Waals surface area contributed by atoms with Crippen molar-refractivity contribution in [1.82, 2.24) is 10.6 Å². The normalized spacial score (nSPS) is 24.7. The predicted octanol–water partition coefficient (Wildman–Crippen LogP) is -0.299. The van der Waals surface area contributed by atoms with E-state index >= 15 is 0 Å². The van der Waals surface area contributed by atoms with Gasteiger partial charge >= 0.3 is 0 Å². The third-order valence-electron chi connectivity index (χ3n) is 3.66. The van der Waals surface area contributed by atoms with Crippen LogP contribution in [0.4, 0.5) is 0 Å². The van der Waals surface area contributed by atoms with Crippen LogP contribution in [0.2, 0.25) is 0 Å². The van der Waals surface area contributed by atoms with Gasteiger partial charge < -0.3 is 21.1 Å². The zero-order chi connectivity index (χ0) is 13.0. The monoisotopic (exact) mass is 291 g/mol. The van der Waals surface area contributed by atoms with Gasteiger partial charge in [-0.1, -0.05) is 0 Å². The van der Waals surface area contributed by atoms with E-state index in [0.29, 0.717) is 19.6 Å². The molecule has 2 amide bonds. The van der Waals surface area contributed by atoms with E-state index in [0.717, 1.165) is 25.8 Å². The van der Waals surface area contributed by atoms with Gasteiger partial charge in [0.25, 0.3) is 0 Å². The molecule has 0 bridgehead atoms. The van der Waals surface area contributed by atoms with Crippen molar-refractivity contribution < 1.29 is 14.3 Å². The second-order valence-electron chi connectivity index (χ2n) is 5.26. The van der Waals surface area contributed by atoms with Gasteiger partial charge in [0.1, 0.15) is 0 Å². The first-order valence-electron chi connectivity index (χ1n) is 6.50. The summed E-state index contributed by atoms with van der Waals surface area (Å²) >= 11 is 0. The maximum absolute atomic E-state index is 11.9. The Morgan fingerprint density at radius 3 is 2.63 bits per heavy atom. The molecule has 7 heteroatoms. The third-order valence-corrected chi connectivity index (χ3v) is 3.66. The molecule has 0 aromatic heterocycles. The van der Waals surface area contributed by atoms with E-state index < -0.39 is 0 Å². The molecule has 0 aromatic rings. The lowest BCUT2D eigenvalue weighted by molar-refractivity contribution is -0.127. The molecule has 2 fully saturated rings. The summed E-state index contributed by atoms with van der Waals surface area (Å²) in [5.74, 6) is -0.381. The smallest absolute Gasteiger partial charge is 0.222 e. The second kappa shape index (κ2) is 7.07. The molecule has 4 N–H and O–H groups in total. The second-order valence-corrected chi connectivity index (χ2v) is 5.26. The lowest BCUT2D eigenvalue weighted by Crippen LogP contribution is -2.56. The van der Waals surface area contributed by atoms with Gasteiger partial charge in [0.2, 0.25) is 11.8 Å². The highest BCUT2D eigenvalue weighted by Gasteiger charge is 2.39. The minimum Gasteiger partial charge on any atom is -0.378 e. The Kier molecular flexibility index (Phi) is 6.03. The molecule has 1 unspecified atom stereocenters. The number of morpholine rings is 1. The predicted molar refractivity (Wildman–Crippen MR) is 73.0 cm³/mol. The number of nitrogens with two attached hydrogens (primary N) is 1. The first-order valence-corrected chi connectivity index (χ1v) is 6.50. The molecule has 1 saturated carbocycles. The van der Waals surface area contributed by atoms with E-state index in [2.05, 4.69) is 10.6 Å². The van der Waals surface area contributed by atoms with Crippen molar-refractivity contribution in [3.8, 4) is 0 Å². The molecule has 19 heavy (non-hydrogen) atoms. The van der Waals surface area contributed by atoms with Crippen molar-refractivity contribution in [3.63, 3.8) is 0 Å². The Labute approximate surface area is 119 Å². The molecule has 1 atom stereocenters. The molecule has 1 heterocycles. The van der Waals surface area contributed by atoms with Gasteiger partial charge in [-0.25, -0.2) is 0 Å². The molecule has 0 radical (unpaired) electrons. The summed E-state index contributed by atoms with van der Waals surface area (Å²) in [5.41, 5.74) is 4.85. The maximum atomic E-state index is 11.9. The van der Waals surface area contributed by atoms with Crippen LogP contribution in [0, 0.1) is 0 Å². The minimum absolute atomic E-state index is 0. The molecule has 6 nitrogen and oxygen atoms in total. The number of amides is 2. The van der Waals surface area contributed by atoms with E-state index in [1.165, 1.54) is 0 Å². The molecule has 1 aliphatic carbocycles. The highest BCUT2D eigenvalue weighted by atomic mass is 35.5. The van der Waals surface area contributed by atoms with Gasteiger partial charge in [-0.15, -0.1) is 12.4 Å². The molecule has 110 valence electrons. The summed E-state index contributed by atoms with van der Waals surface area (Å²) in [6, 6.07) is 0.0736. The van der Waals surface area contributed by atoms with Gasteiger partial charge in [-0.05, 0) is 19.3 Å². The van der Waals surface area contributed by atoms with Crippen molar-refractivity contribution in [2.75, 3.05) is 19.8 Å². The number of primary amides is 1. The zero-order valence-electron chi connectivity index (χ0n) is 10.9.